The third-order valence-electron chi connectivity index (χ3n) is 4.89. The van der Waals surface area contributed by atoms with E-state index in [1.165, 1.54) is 11.9 Å². The van der Waals surface area contributed by atoms with Gasteiger partial charge in [-0.15, -0.1) is 0 Å². The molecule has 0 aliphatic carbocycles. The van der Waals surface area contributed by atoms with Gasteiger partial charge in [0, 0.05) is 31.2 Å². The van der Waals surface area contributed by atoms with Crippen LogP contribution in [0.5, 0.6) is 0 Å². The molecule has 7 heteroatoms. The Morgan fingerprint density at radius 1 is 1.33 bits per heavy atom. The number of benzene rings is 1. The zero-order valence-corrected chi connectivity index (χ0v) is 15.8. The van der Waals surface area contributed by atoms with Crippen LogP contribution in [0.2, 0.25) is 0 Å². The summed E-state index contributed by atoms with van der Waals surface area (Å²) in [6.07, 6.45) is 0.791. The van der Waals surface area contributed by atoms with Gasteiger partial charge in [0.05, 0.1) is 17.5 Å². The fourth-order valence-electron chi connectivity index (χ4n) is 3.40. The summed E-state index contributed by atoms with van der Waals surface area (Å²) in [6.45, 7) is 4.63. The van der Waals surface area contributed by atoms with E-state index in [2.05, 4.69) is 22.5 Å². The molecule has 2 aromatic rings. The molecular formula is C20H24N4O3. The van der Waals surface area contributed by atoms with Gasteiger partial charge in [0.25, 0.3) is 5.91 Å². The number of aromatic nitrogens is 1. The van der Waals surface area contributed by atoms with Crippen LogP contribution in [-0.2, 0) is 16.0 Å². The second-order valence-electron chi connectivity index (χ2n) is 6.70. The van der Waals surface area contributed by atoms with Crippen molar-refractivity contribution in [2.45, 2.75) is 32.7 Å². The number of carbonyl (C=O) groups is 3. The summed E-state index contributed by atoms with van der Waals surface area (Å²) in [7, 11) is 1.52. The van der Waals surface area contributed by atoms with Crippen molar-refractivity contribution in [3.63, 3.8) is 0 Å². The fourth-order valence-corrected chi connectivity index (χ4v) is 3.40. The van der Waals surface area contributed by atoms with Crippen LogP contribution < -0.4 is 10.6 Å². The summed E-state index contributed by atoms with van der Waals surface area (Å²) >= 11 is 0. The maximum Gasteiger partial charge on any atom is 0.255 e. The lowest BCUT2D eigenvalue weighted by Crippen LogP contribution is -2.58. The number of hydrogen-bond donors (Lipinski definition) is 2. The summed E-state index contributed by atoms with van der Waals surface area (Å²) in [4.78, 5) is 43.6. The van der Waals surface area contributed by atoms with Gasteiger partial charge in [-0.1, -0.05) is 13.0 Å². The quantitative estimate of drug-likeness (QED) is 0.848. The molecule has 142 valence electrons. The largest absolute Gasteiger partial charge is 0.359 e. The molecule has 1 aliphatic heterocycles. The number of nitrogens with zero attached hydrogens (tertiary/aromatic N) is 2. The highest BCUT2D eigenvalue weighted by Gasteiger charge is 2.35. The second-order valence-corrected chi connectivity index (χ2v) is 6.70. The molecule has 0 unspecified atom stereocenters. The molecule has 27 heavy (non-hydrogen) atoms. The van der Waals surface area contributed by atoms with E-state index in [1.807, 2.05) is 25.1 Å². The third-order valence-corrected chi connectivity index (χ3v) is 4.89. The highest BCUT2D eigenvalue weighted by atomic mass is 16.2. The van der Waals surface area contributed by atoms with Crippen molar-refractivity contribution in [2.75, 3.05) is 20.1 Å². The minimum absolute atomic E-state index is 0.0592. The Balaban J connectivity index is 2.05. The number of piperazine rings is 1. The second kappa shape index (κ2) is 7.73. The number of amides is 3. The monoisotopic (exact) mass is 368 g/mol. The molecule has 0 bridgehead atoms. The van der Waals surface area contributed by atoms with Crippen LogP contribution in [-0.4, -0.2) is 53.8 Å². The molecule has 2 heterocycles. The van der Waals surface area contributed by atoms with Crippen LogP contribution in [0.1, 0.15) is 35.0 Å². The molecule has 1 atom stereocenters. The molecule has 0 radical (unpaired) electrons. The summed E-state index contributed by atoms with van der Waals surface area (Å²) in [5.74, 6) is -0.830. The normalized spacial score (nSPS) is 16.9. The Morgan fingerprint density at radius 2 is 2.11 bits per heavy atom. The summed E-state index contributed by atoms with van der Waals surface area (Å²) in [5.41, 5.74) is 3.11. The zero-order valence-electron chi connectivity index (χ0n) is 15.8. The number of nitrogens with one attached hydrogen (secondary N) is 2. The summed E-state index contributed by atoms with van der Waals surface area (Å²) in [5, 5.41) is 6.03. The first-order valence-corrected chi connectivity index (χ1v) is 9.14. The predicted octanol–water partition coefficient (Wildman–Crippen LogP) is 1.18. The van der Waals surface area contributed by atoms with Crippen LogP contribution in [0, 0.1) is 6.92 Å². The molecule has 3 rings (SSSR count). The van der Waals surface area contributed by atoms with Crippen LogP contribution >= 0.6 is 0 Å². The van der Waals surface area contributed by atoms with E-state index < -0.39 is 6.04 Å². The number of fused-ring (bicyclic) bond motifs is 1. The van der Waals surface area contributed by atoms with E-state index in [9.17, 15) is 14.4 Å². The first-order valence-electron chi connectivity index (χ1n) is 9.14. The smallest absolute Gasteiger partial charge is 0.255 e. The van der Waals surface area contributed by atoms with Gasteiger partial charge in [-0.2, -0.15) is 0 Å². The van der Waals surface area contributed by atoms with Crippen molar-refractivity contribution in [3.8, 4) is 0 Å². The maximum atomic E-state index is 13.4. The first-order chi connectivity index (χ1) is 12.9. The van der Waals surface area contributed by atoms with E-state index in [-0.39, 0.29) is 24.1 Å². The Kier molecular flexibility index (Phi) is 5.39. The summed E-state index contributed by atoms with van der Waals surface area (Å²) in [6, 6.07) is 6.85. The molecular weight excluding hydrogens is 344 g/mol. The molecule has 1 aliphatic rings. The van der Waals surface area contributed by atoms with Crippen LogP contribution in [0.4, 0.5) is 0 Å². The van der Waals surface area contributed by atoms with Gasteiger partial charge < -0.3 is 15.5 Å². The van der Waals surface area contributed by atoms with Gasteiger partial charge in [0.2, 0.25) is 11.8 Å². The fraction of sp³-hybridized carbons (Fsp3) is 0.400. The first kappa shape index (κ1) is 18.8. The lowest BCUT2D eigenvalue weighted by atomic mass is 10.0. The zero-order chi connectivity index (χ0) is 19.6. The van der Waals surface area contributed by atoms with Crippen molar-refractivity contribution in [2.24, 2.45) is 0 Å². The molecule has 1 aromatic heterocycles. The average molecular weight is 368 g/mol. The summed E-state index contributed by atoms with van der Waals surface area (Å²) < 4.78 is 0. The Bertz CT molecular complexity index is 909. The number of pyridine rings is 1. The minimum atomic E-state index is -0.816. The van der Waals surface area contributed by atoms with Crippen molar-refractivity contribution >= 4 is 28.6 Å². The van der Waals surface area contributed by atoms with Crippen molar-refractivity contribution < 1.29 is 14.4 Å². The van der Waals surface area contributed by atoms with Gasteiger partial charge in [0.1, 0.15) is 6.04 Å². The molecule has 1 fully saturated rings. The highest BCUT2D eigenvalue weighted by molar-refractivity contribution is 6.08. The van der Waals surface area contributed by atoms with Crippen LogP contribution in [0.3, 0.4) is 0 Å². The van der Waals surface area contributed by atoms with Crippen molar-refractivity contribution in [3.05, 3.63) is 41.1 Å². The number of hydrogen-bond acceptors (Lipinski definition) is 4. The number of aryl methyl sites for hydroxylation is 2. The minimum Gasteiger partial charge on any atom is -0.359 e. The standard InChI is InChI=1S/C20H24N4O3/c1-4-13-5-6-16-14(10-13)15(9-12(2)23-16)20(27)24-8-7-22-19(26)17(24)11-18(25)21-3/h5-6,9-10,17H,4,7-8,11H2,1-3H3,(H,21,25)(H,22,26)/t17-/m0/s1. The highest BCUT2D eigenvalue weighted by Crippen LogP contribution is 2.24. The van der Waals surface area contributed by atoms with Gasteiger partial charge in [-0.25, -0.2) is 0 Å². The molecule has 3 amide bonds. The molecule has 1 aromatic carbocycles. The Hall–Kier alpha value is -2.96. The van der Waals surface area contributed by atoms with E-state index in [4.69, 9.17) is 0 Å². The molecule has 0 saturated carbocycles. The van der Waals surface area contributed by atoms with Crippen molar-refractivity contribution in [1.82, 2.24) is 20.5 Å². The van der Waals surface area contributed by atoms with E-state index >= 15 is 0 Å². The SMILES string of the molecule is CCc1ccc2nc(C)cc(C(=O)N3CCNC(=O)[C@@H]3CC(=O)NC)c2c1. The van der Waals surface area contributed by atoms with E-state index in [0.29, 0.717) is 18.7 Å². The predicted molar refractivity (Wildman–Crippen MR) is 102 cm³/mol. The van der Waals surface area contributed by atoms with E-state index in [0.717, 1.165) is 28.6 Å². The van der Waals surface area contributed by atoms with Crippen LogP contribution in [0.15, 0.2) is 24.3 Å². The molecule has 1 saturated heterocycles. The van der Waals surface area contributed by atoms with Gasteiger partial charge in [-0.3, -0.25) is 19.4 Å². The van der Waals surface area contributed by atoms with Crippen LogP contribution in [0.25, 0.3) is 10.9 Å². The topological polar surface area (TPSA) is 91.4 Å². The van der Waals surface area contributed by atoms with E-state index in [1.54, 1.807) is 6.07 Å². The molecule has 2 N–H and O–H groups in total. The average Bonchev–Trinajstić information content (AvgIpc) is 2.67. The lowest BCUT2D eigenvalue weighted by Gasteiger charge is -2.35. The Morgan fingerprint density at radius 3 is 2.81 bits per heavy atom. The molecule has 0 spiro atoms. The maximum absolute atomic E-state index is 13.4. The van der Waals surface area contributed by atoms with Gasteiger partial charge in [0.15, 0.2) is 0 Å². The number of carbonyl (C=O) groups excluding carboxylic acids is 3. The lowest BCUT2D eigenvalue weighted by molar-refractivity contribution is -0.132. The Labute approximate surface area is 158 Å². The molecule has 7 nitrogen and oxygen atoms in total. The van der Waals surface area contributed by atoms with Crippen molar-refractivity contribution in [1.29, 1.82) is 0 Å². The third kappa shape index (κ3) is 3.77. The van der Waals surface area contributed by atoms with Gasteiger partial charge >= 0.3 is 0 Å². The van der Waals surface area contributed by atoms with Gasteiger partial charge in [-0.05, 0) is 37.1 Å². The number of rotatable bonds is 4.